The fraction of sp³-hybridized carbons (Fsp3) is 0.316. The largest absolute Gasteiger partial charge is 0.369 e. The molecule has 1 saturated heterocycles. The Labute approximate surface area is 161 Å². The van der Waals surface area contributed by atoms with Crippen molar-refractivity contribution in [3.05, 3.63) is 57.1 Å². The van der Waals surface area contributed by atoms with E-state index in [0.717, 1.165) is 44.9 Å². The molecule has 134 valence electrons. The van der Waals surface area contributed by atoms with Gasteiger partial charge in [-0.05, 0) is 38.1 Å². The second-order valence-electron chi connectivity index (χ2n) is 6.27. The molecule has 4 heterocycles. The van der Waals surface area contributed by atoms with Gasteiger partial charge >= 0.3 is 0 Å². The Kier molecular flexibility index (Phi) is 4.89. The molecule has 0 N–H and O–H groups in total. The standard InChI is InChI=1S/C19H19ClN4OS/c1-12-13(2)22-18(14-4-3-7-21-10-14)23-19(12)24-8-9-25-15(11-24)16-5-6-17(20)26-16/h3-7,10,15H,8-9,11H2,1-2H3/t15-/m1/s1. The summed E-state index contributed by atoms with van der Waals surface area (Å²) in [5.74, 6) is 1.67. The van der Waals surface area contributed by atoms with Gasteiger partial charge in [0.1, 0.15) is 11.9 Å². The molecule has 1 fully saturated rings. The van der Waals surface area contributed by atoms with E-state index in [0.29, 0.717) is 12.4 Å². The fourth-order valence-electron chi connectivity index (χ4n) is 3.06. The highest BCUT2D eigenvalue weighted by Gasteiger charge is 2.26. The summed E-state index contributed by atoms with van der Waals surface area (Å²) in [5.41, 5.74) is 3.00. The normalized spacial score (nSPS) is 17.5. The van der Waals surface area contributed by atoms with E-state index in [1.54, 1.807) is 23.7 Å². The maximum absolute atomic E-state index is 6.09. The van der Waals surface area contributed by atoms with Gasteiger partial charge in [0, 0.05) is 40.6 Å². The molecule has 0 spiro atoms. The van der Waals surface area contributed by atoms with Gasteiger partial charge in [0.25, 0.3) is 0 Å². The predicted molar refractivity (Wildman–Crippen MR) is 105 cm³/mol. The summed E-state index contributed by atoms with van der Waals surface area (Å²) in [6.45, 7) is 6.31. The molecule has 1 aliphatic rings. The SMILES string of the molecule is Cc1nc(-c2cccnc2)nc(N2CCO[C@@H](c3ccc(Cl)s3)C2)c1C. The maximum atomic E-state index is 6.09. The zero-order chi connectivity index (χ0) is 18.1. The van der Waals surface area contributed by atoms with Crippen molar-refractivity contribution in [2.24, 2.45) is 0 Å². The Morgan fingerprint density at radius 1 is 1.23 bits per heavy atom. The van der Waals surface area contributed by atoms with Crippen molar-refractivity contribution < 1.29 is 4.74 Å². The van der Waals surface area contributed by atoms with Crippen molar-refractivity contribution >= 4 is 28.8 Å². The van der Waals surface area contributed by atoms with Crippen LogP contribution in [0.4, 0.5) is 5.82 Å². The zero-order valence-corrected chi connectivity index (χ0v) is 16.2. The predicted octanol–water partition coefficient (Wildman–Crippen LogP) is 4.45. The summed E-state index contributed by atoms with van der Waals surface area (Å²) in [7, 11) is 0. The van der Waals surface area contributed by atoms with Gasteiger partial charge in [0.15, 0.2) is 5.82 Å². The average Bonchev–Trinajstić information content (AvgIpc) is 3.11. The number of pyridine rings is 1. The molecular weight excluding hydrogens is 368 g/mol. The molecule has 0 aromatic carbocycles. The van der Waals surface area contributed by atoms with Crippen molar-refractivity contribution in [2.75, 3.05) is 24.6 Å². The summed E-state index contributed by atoms with van der Waals surface area (Å²) in [5, 5.41) is 0. The van der Waals surface area contributed by atoms with E-state index in [2.05, 4.69) is 21.8 Å². The molecule has 1 atom stereocenters. The third-order valence-electron chi connectivity index (χ3n) is 4.56. The van der Waals surface area contributed by atoms with Gasteiger partial charge < -0.3 is 9.64 Å². The van der Waals surface area contributed by atoms with Crippen LogP contribution >= 0.6 is 22.9 Å². The Bertz CT molecular complexity index is 915. The van der Waals surface area contributed by atoms with Crippen LogP contribution in [0.1, 0.15) is 22.2 Å². The highest BCUT2D eigenvalue weighted by molar-refractivity contribution is 7.16. The van der Waals surface area contributed by atoms with Crippen LogP contribution in [-0.2, 0) is 4.74 Å². The smallest absolute Gasteiger partial charge is 0.163 e. The van der Waals surface area contributed by atoms with Gasteiger partial charge in [-0.3, -0.25) is 4.98 Å². The first kappa shape index (κ1) is 17.4. The van der Waals surface area contributed by atoms with Crippen LogP contribution in [0.25, 0.3) is 11.4 Å². The van der Waals surface area contributed by atoms with E-state index in [1.165, 1.54) is 0 Å². The van der Waals surface area contributed by atoms with Gasteiger partial charge in [0.05, 0.1) is 17.5 Å². The molecular formula is C19H19ClN4OS. The summed E-state index contributed by atoms with van der Waals surface area (Å²) in [6.07, 6.45) is 3.56. The monoisotopic (exact) mass is 386 g/mol. The van der Waals surface area contributed by atoms with Crippen LogP contribution in [0, 0.1) is 13.8 Å². The number of hydrogen-bond donors (Lipinski definition) is 0. The molecule has 0 radical (unpaired) electrons. The van der Waals surface area contributed by atoms with Crippen molar-refractivity contribution in [1.82, 2.24) is 15.0 Å². The molecule has 0 aliphatic carbocycles. The second-order valence-corrected chi connectivity index (χ2v) is 8.02. The van der Waals surface area contributed by atoms with E-state index in [-0.39, 0.29) is 6.10 Å². The number of morpholine rings is 1. The molecule has 5 nitrogen and oxygen atoms in total. The minimum Gasteiger partial charge on any atom is -0.369 e. The van der Waals surface area contributed by atoms with Gasteiger partial charge in [0.2, 0.25) is 0 Å². The van der Waals surface area contributed by atoms with E-state index >= 15 is 0 Å². The zero-order valence-electron chi connectivity index (χ0n) is 14.6. The van der Waals surface area contributed by atoms with Crippen LogP contribution < -0.4 is 4.90 Å². The first-order chi connectivity index (χ1) is 12.6. The van der Waals surface area contributed by atoms with E-state index in [4.69, 9.17) is 21.3 Å². The molecule has 3 aromatic rings. The molecule has 7 heteroatoms. The van der Waals surface area contributed by atoms with Crippen molar-refractivity contribution in [3.8, 4) is 11.4 Å². The molecule has 3 aromatic heterocycles. The summed E-state index contributed by atoms with van der Waals surface area (Å²) < 4.78 is 6.76. The van der Waals surface area contributed by atoms with Gasteiger partial charge in [-0.25, -0.2) is 9.97 Å². The third-order valence-corrected chi connectivity index (χ3v) is 5.88. The van der Waals surface area contributed by atoms with Gasteiger partial charge in [-0.1, -0.05) is 11.6 Å². The number of aryl methyl sites for hydroxylation is 1. The molecule has 4 rings (SSSR count). The first-order valence-corrected chi connectivity index (χ1v) is 9.68. The lowest BCUT2D eigenvalue weighted by atomic mass is 10.1. The van der Waals surface area contributed by atoms with Crippen LogP contribution in [0.2, 0.25) is 4.34 Å². The topological polar surface area (TPSA) is 51.1 Å². The highest BCUT2D eigenvalue weighted by Crippen LogP contribution is 2.33. The Balaban J connectivity index is 1.67. The lowest BCUT2D eigenvalue weighted by molar-refractivity contribution is 0.0418. The third kappa shape index (κ3) is 3.45. The van der Waals surface area contributed by atoms with Crippen molar-refractivity contribution in [1.29, 1.82) is 0 Å². The number of aromatic nitrogens is 3. The van der Waals surface area contributed by atoms with Crippen LogP contribution in [-0.4, -0.2) is 34.6 Å². The Morgan fingerprint density at radius 2 is 2.12 bits per heavy atom. The minimum absolute atomic E-state index is 0.0118. The summed E-state index contributed by atoms with van der Waals surface area (Å²) in [4.78, 5) is 17.1. The van der Waals surface area contributed by atoms with Gasteiger partial charge in [-0.2, -0.15) is 0 Å². The maximum Gasteiger partial charge on any atom is 0.163 e. The van der Waals surface area contributed by atoms with Crippen LogP contribution in [0.3, 0.4) is 0 Å². The first-order valence-electron chi connectivity index (χ1n) is 8.49. The van der Waals surface area contributed by atoms with Gasteiger partial charge in [-0.15, -0.1) is 11.3 Å². The second kappa shape index (κ2) is 7.31. The van der Waals surface area contributed by atoms with Crippen LogP contribution in [0.15, 0.2) is 36.7 Å². The van der Waals surface area contributed by atoms with E-state index in [9.17, 15) is 0 Å². The Morgan fingerprint density at radius 3 is 2.85 bits per heavy atom. The molecule has 0 unspecified atom stereocenters. The van der Waals surface area contributed by atoms with Crippen molar-refractivity contribution in [3.63, 3.8) is 0 Å². The van der Waals surface area contributed by atoms with Crippen LogP contribution in [0.5, 0.6) is 0 Å². The molecule has 0 saturated carbocycles. The summed E-state index contributed by atoms with van der Waals surface area (Å²) in [6, 6.07) is 7.85. The Hall–Kier alpha value is -2.02. The van der Waals surface area contributed by atoms with Crippen molar-refractivity contribution in [2.45, 2.75) is 20.0 Å². The molecule has 26 heavy (non-hydrogen) atoms. The molecule has 0 bridgehead atoms. The fourth-order valence-corrected chi connectivity index (χ4v) is 4.16. The number of halogens is 1. The molecule has 0 amide bonds. The number of ether oxygens (including phenoxy) is 1. The number of nitrogens with zero attached hydrogens (tertiary/aromatic N) is 4. The summed E-state index contributed by atoms with van der Waals surface area (Å²) >= 11 is 7.66. The molecule has 1 aliphatic heterocycles. The lowest BCUT2D eigenvalue weighted by Crippen LogP contribution is -2.39. The number of rotatable bonds is 3. The average molecular weight is 387 g/mol. The number of anilines is 1. The number of hydrogen-bond acceptors (Lipinski definition) is 6. The highest BCUT2D eigenvalue weighted by atomic mass is 35.5. The van der Waals surface area contributed by atoms with E-state index in [1.807, 2.05) is 31.2 Å². The number of thiophene rings is 1. The lowest BCUT2D eigenvalue weighted by Gasteiger charge is -2.34. The van der Waals surface area contributed by atoms with E-state index < -0.39 is 0 Å². The minimum atomic E-state index is 0.0118. The quantitative estimate of drug-likeness (QED) is 0.665.